The first kappa shape index (κ1) is 12.0. The van der Waals surface area contributed by atoms with Crippen molar-refractivity contribution in [2.45, 2.75) is 25.4 Å². The van der Waals surface area contributed by atoms with Gasteiger partial charge < -0.3 is 15.4 Å². The number of carbonyl (C=O) groups is 1. The van der Waals surface area contributed by atoms with Gasteiger partial charge in [-0.1, -0.05) is 5.92 Å². The van der Waals surface area contributed by atoms with Gasteiger partial charge in [-0.25, -0.2) is 0 Å². The maximum absolute atomic E-state index is 11.9. The van der Waals surface area contributed by atoms with Crippen LogP contribution in [0.2, 0.25) is 0 Å². The lowest BCUT2D eigenvalue weighted by Gasteiger charge is -2.23. The molecule has 0 radical (unpaired) electrons. The van der Waals surface area contributed by atoms with Crippen molar-refractivity contribution in [2.75, 3.05) is 20.3 Å². The number of hydrogen-bond acceptors (Lipinski definition) is 3. The molecule has 1 aliphatic rings. The number of carbonyl (C=O) groups excluding carboxylic acids is 1. The van der Waals surface area contributed by atoms with Gasteiger partial charge in [0.1, 0.15) is 0 Å². The zero-order valence-electron chi connectivity index (χ0n) is 9.46. The molecule has 2 atom stereocenters. The summed E-state index contributed by atoms with van der Waals surface area (Å²) in [6.07, 6.45) is 5.31. The molecule has 2 N–H and O–H groups in total. The normalized spacial score (nSPS) is 26.0. The first-order valence-corrected chi connectivity index (χ1v) is 5.05. The van der Waals surface area contributed by atoms with Gasteiger partial charge in [-0.05, 0) is 20.9 Å². The third kappa shape index (κ3) is 2.95. The number of ether oxygens (including phenoxy) is 1. The third-order valence-corrected chi connectivity index (χ3v) is 2.58. The quantitative estimate of drug-likeness (QED) is 0.632. The Bertz CT molecular complexity index is 281. The van der Waals surface area contributed by atoms with E-state index in [9.17, 15) is 4.79 Å². The van der Waals surface area contributed by atoms with E-state index >= 15 is 0 Å². The SMILES string of the molecule is C#CC(C)(C)NC(=O)C1COCC1NC. The fourth-order valence-electron chi connectivity index (χ4n) is 1.53. The highest BCUT2D eigenvalue weighted by Crippen LogP contribution is 2.14. The van der Waals surface area contributed by atoms with E-state index in [-0.39, 0.29) is 17.9 Å². The summed E-state index contributed by atoms with van der Waals surface area (Å²) >= 11 is 0. The topological polar surface area (TPSA) is 50.4 Å². The molecule has 15 heavy (non-hydrogen) atoms. The highest BCUT2D eigenvalue weighted by atomic mass is 16.5. The van der Waals surface area contributed by atoms with E-state index in [1.807, 2.05) is 7.05 Å². The zero-order chi connectivity index (χ0) is 11.5. The first-order chi connectivity index (χ1) is 7.00. The second-order valence-corrected chi connectivity index (χ2v) is 4.30. The van der Waals surface area contributed by atoms with Crippen LogP contribution in [0, 0.1) is 18.3 Å². The van der Waals surface area contributed by atoms with E-state index in [0.29, 0.717) is 13.2 Å². The van der Waals surface area contributed by atoms with Crippen molar-refractivity contribution >= 4 is 5.91 Å². The Morgan fingerprint density at radius 3 is 2.73 bits per heavy atom. The Morgan fingerprint density at radius 2 is 2.20 bits per heavy atom. The van der Waals surface area contributed by atoms with Crippen LogP contribution < -0.4 is 10.6 Å². The Kier molecular flexibility index (Phi) is 3.72. The van der Waals surface area contributed by atoms with Crippen LogP contribution in [-0.4, -0.2) is 37.7 Å². The smallest absolute Gasteiger partial charge is 0.228 e. The average Bonchev–Trinajstić information content (AvgIpc) is 2.64. The zero-order valence-corrected chi connectivity index (χ0v) is 9.46. The minimum Gasteiger partial charge on any atom is -0.379 e. The summed E-state index contributed by atoms with van der Waals surface area (Å²) in [5, 5.41) is 5.88. The number of amides is 1. The molecular weight excluding hydrogens is 192 g/mol. The molecular formula is C11H18N2O2. The summed E-state index contributed by atoms with van der Waals surface area (Å²) in [5.74, 6) is 2.34. The molecule has 1 rings (SSSR count). The van der Waals surface area contributed by atoms with Gasteiger partial charge in [-0.2, -0.15) is 0 Å². The number of likely N-dealkylation sites (N-methyl/N-ethyl adjacent to an activating group) is 1. The van der Waals surface area contributed by atoms with E-state index in [1.165, 1.54) is 0 Å². The maximum atomic E-state index is 11.9. The van der Waals surface area contributed by atoms with Crippen LogP contribution >= 0.6 is 0 Å². The first-order valence-electron chi connectivity index (χ1n) is 5.05. The van der Waals surface area contributed by atoms with Gasteiger partial charge in [0.15, 0.2) is 0 Å². The van der Waals surface area contributed by atoms with Gasteiger partial charge in [0.2, 0.25) is 5.91 Å². The van der Waals surface area contributed by atoms with Gasteiger partial charge in [0, 0.05) is 6.04 Å². The van der Waals surface area contributed by atoms with Gasteiger partial charge in [-0.15, -0.1) is 6.42 Å². The van der Waals surface area contributed by atoms with Crippen LogP contribution in [0.3, 0.4) is 0 Å². The van der Waals surface area contributed by atoms with Crippen LogP contribution in [0.25, 0.3) is 0 Å². The second kappa shape index (κ2) is 4.65. The Morgan fingerprint density at radius 1 is 1.53 bits per heavy atom. The van der Waals surface area contributed by atoms with Gasteiger partial charge >= 0.3 is 0 Å². The van der Waals surface area contributed by atoms with Crippen LogP contribution in [0.15, 0.2) is 0 Å². The molecule has 0 aromatic rings. The van der Waals surface area contributed by atoms with Gasteiger partial charge in [-0.3, -0.25) is 4.79 Å². The molecule has 4 nitrogen and oxygen atoms in total. The van der Waals surface area contributed by atoms with Crippen LogP contribution in [0.4, 0.5) is 0 Å². The molecule has 0 bridgehead atoms. The number of hydrogen-bond donors (Lipinski definition) is 2. The minimum absolute atomic E-state index is 0.0465. The highest BCUT2D eigenvalue weighted by molar-refractivity contribution is 5.81. The summed E-state index contributed by atoms with van der Waals surface area (Å²) < 4.78 is 5.25. The summed E-state index contributed by atoms with van der Waals surface area (Å²) in [4.78, 5) is 11.9. The summed E-state index contributed by atoms with van der Waals surface area (Å²) in [5.41, 5.74) is -0.599. The molecule has 2 unspecified atom stereocenters. The largest absolute Gasteiger partial charge is 0.379 e. The number of rotatable bonds is 3. The summed E-state index contributed by atoms with van der Waals surface area (Å²) in [7, 11) is 1.83. The lowest BCUT2D eigenvalue weighted by molar-refractivity contribution is -0.126. The lowest BCUT2D eigenvalue weighted by Crippen LogP contribution is -2.49. The molecule has 1 aliphatic heterocycles. The van der Waals surface area contributed by atoms with Gasteiger partial charge in [0.05, 0.1) is 24.7 Å². The Hall–Kier alpha value is -1.05. The molecule has 0 aliphatic carbocycles. The third-order valence-electron chi connectivity index (χ3n) is 2.58. The van der Waals surface area contributed by atoms with Crippen molar-refractivity contribution in [3.05, 3.63) is 0 Å². The number of terminal acetylenes is 1. The van der Waals surface area contributed by atoms with Crippen LogP contribution in [0.5, 0.6) is 0 Å². The molecule has 0 aromatic heterocycles. The van der Waals surface area contributed by atoms with Crippen molar-refractivity contribution < 1.29 is 9.53 Å². The van der Waals surface area contributed by atoms with E-state index in [0.717, 1.165) is 0 Å². The molecule has 1 fully saturated rings. The molecule has 0 saturated carbocycles. The molecule has 1 heterocycles. The van der Waals surface area contributed by atoms with Crippen molar-refractivity contribution in [3.8, 4) is 12.3 Å². The number of nitrogens with one attached hydrogen (secondary N) is 2. The fourth-order valence-corrected chi connectivity index (χ4v) is 1.53. The summed E-state index contributed by atoms with van der Waals surface area (Å²) in [6.45, 7) is 4.63. The monoisotopic (exact) mass is 210 g/mol. The Labute approximate surface area is 90.8 Å². The predicted octanol–water partition coefficient (Wildman–Crippen LogP) is -0.251. The second-order valence-electron chi connectivity index (χ2n) is 4.30. The van der Waals surface area contributed by atoms with Crippen LogP contribution in [0.1, 0.15) is 13.8 Å². The lowest BCUT2D eigenvalue weighted by atomic mass is 10.00. The summed E-state index contributed by atoms with van der Waals surface area (Å²) in [6, 6.07) is 0.0820. The van der Waals surface area contributed by atoms with Crippen molar-refractivity contribution in [1.82, 2.24) is 10.6 Å². The maximum Gasteiger partial charge on any atom is 0.228 e. The minimum atomic E-state index is -0.599. The van der Waals surface area contributed by atoms with Gasteiger partial charge in [0.25, 0.3) is 0 Å². The fraction of sp³-hybridized carbons (Fsp3) is 0.727. The predicted molar refractivity (Wildman–Crippen MR) is 58.2 cm³/mol. The molecule has 0 aromatic carbocycles. The molecule has 1 saturated heterocycles. The van der Waals surface area contributed by atoms with E-state index in [1.54, 1.807) is 13.8 Å². The molecule has 1 amide bonds. The van der Waals surface area contributed by atoms with E-state index in [2.05, 4.69) is 16.6 Å². The van der Waals surface area contributed by atoms with E-state index < -0.39 is 5.54 Å². The molecule has 0 spiro atoms. The standard InChI is InChI=1S/C11H18N2O2/c1-5-11(2,3)13-10(14)8-6-15-7-9(8)12-4/h1,8-9,12H,6-7H2,2-4H3,(H,13,14). The Balaban J connectivity index is 2.58. The van der Waals surface area contributed by atoms with Crippen molar-refractivity contribution in [3.63, 3.8) is 0 Å². The van der Waals surface area contributed by atoms with Crippen molar-refractivity contribution in [2.24, 2.45) is 5.92 Å². The molecule has 84 valence electrons. The van der Waals surface area contributed by atoms with Crippen molar-refractivity contribution in [1.29, 1.82) is 0 Å². The highest BCUT2D eigenvalue weighted by Gasteiger charge is 2.34. The van der Waals surface area contributed by atoms with Crippen LogP contribution in [-0.2, 0) is 9.53 Å². The molecule has 4 heteroatoms. The average molecular weight is 210 g/mol. The van der Waals surface area contributed by atoms with E-state index in [4.69, 9.17) is 11.2 Å².